The highest BCUT2D eigenvalue weighted by Gasteiger charge is 2.34. The van der Waals surface area contributed by atoms with Crippen LogP contribution in [0.25, 0.3) is 0 Å². The smallest absolute Gasteiger partial charge is 0.355 e. The lowest BCUT2D eigenvalue weighted by molar-refractivity contribution is -0.116. The third-order valence-corrected chi connectivity index (χ3v) is 13.7. The molecule has 0 aliphatic heterocycles. The number of ether oxygens (including phenoxy) is 1. The number of aromatic carboxylic acids is 1. The van der Waals surface area contributed by atoms with Gasteiger partial charge in [0.25, 0.3) is 0 Å². The number of carboxylic acid groups (broad SMARTS) is 1. The Hall–Kier alpha value is -2.74. The lowest BCUT2D eigenvalue weighted by Crippen LogP contribution is -2.36. The monoisotopic (exact) mass is 575 g/mol. The van der Waals surface area contributed by atoms with Gasteiger partial charge in [0.05, 0.1) is 21.2 Å². The maximum Gasteiger partial charge on any atom is 0.355 e. The molecule has 1 amide bonds. The molecule has 0 aliphatic rings. The Kier molecular flexibility index (Phi) is 12.1. The summed E-state index contributed by atoms with van der Waals surface area (Å²) in [5.41, 5.74) is 0.502. The number of halogens is 1. The average Bonchev–Trinajstić information content (AvgIpc) is 3.22. The van der Waals surface area contributed by atoms with Gasteiger partial charge in [-0.1, -0.05) is 58.2 Å². The summed E-state index contributed by atoms with van der Waals surface area (Å²) in [4.78, 5) is 30.7. The van der Waals surface area contributed by atoms with Crippen LogP contribution in [0.1, 0.15) is 67.4 Å². The van der Waals surface area contributed by atoms with Crippen molar-refractivity contribution in [1.82, 2.24) is 9.88 Å². The minimum Gasteiger partial charge on any atom is -0.491 e. The number of aryl methyl sites for hydroxylation is 1. The van der Waals surface area contributed by atoms with Crippen molar-refractivity contribution in [3.05, 3.63) is 40.2 Å². The Labute approximate surface area is 237 Å². The van der Waals surface area contributed by atoms with E-state index in [-0.39, 0.29) is 29.1 Å². The molecule has 214 valence electrons. The third-order valence-electron chi connectivity index (χ3n) is 7.00. The molecule has 2 N–H and O–H groups in total. The van der Waals surface area contributed by atoms with Crippen LogP contribution in [-0.4, -0.2) is 62.2 Å². The van der Waals surface area contributed by atoms with E-state index >= 15 is 0 Å². The van der Waals surface area contributed by atoms with Crippen molar-refractivity contribution < 1.29 is 23.8 Å². The molecule has 39 heavy (non-hydrogen) atoms. The van der Waals surface area contributed by atoms with Crippen LogP contribution in [0, 0.1) is 17.7 Å². The van der Waals surface area contributed by atoms with Crippen molar-refractivity contribution in [3.8, 4) is 17.6 Å². The number of aromatic nitrogens is 1. The van der Waals surface area contributed by atoms with Gasteiger partial charge in [0.1, 0.15) is 0 Å². The zero-order valence-corrected chi connectivity index (χ0v) is 26.1. The predicted molar refractivity (Wildman–Crippen MR) is 159 cm³/mol. The van der Waals surface area contributed by atoms with E-state index < -0.39 is 19.9 Å². The molecule has 0 spiro atoms. The molecule has 0 saturated carbocycles. The molecular formula is C29H42FN3O4SSi. The fourth-order valence-corrected chi connectivity index (χ4v) is 6.46. The summed E-state index contributed by atoms with van der Waals surface area (Å²) in [5.74, 6) is 4.20. The highest BCUT2D eigenvalue weighted by Crippen LogP contribution is 2.39. The summed E-state index contributed by atoms with van der Waals surface area (Å²) in [7, 11) is 2.45. The van der Waals surface area contributed by atoms with Gasteiger partial charge in [0.15, 0.2) is 22.4 Å². The molecule has 0 radical (unpaired) electrons. The van der Waals surface area contributed by atoms with Gasteiger partial charge >= 0.3 is 5.97 Å². The second-order valence-electron chi connectivity index (χ2n) is 11.6. The van der Waals surface area contributed by atoms with Crippen molar-refractivity contribution >= 4 is 36.4 Å². The van der Waals surface area contributed by atoms with E-state index in [0.717, 1.165) is 30.2 Å². The Morgan fingerprint density at radius 1 is 1.21 bits per heavy atom. The van der Waals surface area contributed by atoms with Gasteiger partial charge < -0.3 is 15.2 Å². The number of nitrogens with zero attached hydrogens (tertiary/aromatic N) is 2. The van der Waals surface area contributed by atoms with Crippen LogP contribution < -0.4 is 10.1 Å². The predicted octanol–water partition coefficient (Wildman–Crippen LogP) is 6.52. The highest BCUT2D eigenvalue weighted by atomic mass is 32.1. The molecule has 10 heteroatoms. The average molecular weight is 576 g/mol. The minimum atomic E-state index is -1.37. The zero-order valence-electron chi connectivity index (χ0n) is 24.2. The molecule has 0 fully saturated rings. The van der Waals surface area contributed by atoms with E-state index in [0.29, 0.717) is 41.3 Å². The fraction of sp³-hybridized carbons (Fsp3) is 0.552. The van der Waals surface area contributed by atoms with Crippen LogP contribution in [0.15, 0.2) is 18.2 Å². The summed E-state index contributed by atoms with van der Waals surface area (Å²) in [6.07, 6.45) is 3.02. The number of benzene rings is 1. The molecular weight excluding hydrogens is 533 g/mol. The van der Waals surface area contributed by atoms with Crippen molar-refractivity contribution in [1.29, 1.82) is 0 Å². The number of amides is 1. The Morgan fingerprint density at radius 2 is 1.92 bits per heavy atom. The van der Waals surface area contributed by atoms with Crippen molar-refractivity contribution in [2.75, 3.05) is 32.6 Å². The number of anilines is 1. The molecule has 2 rings (SSSR count). The molecule has 2 aromatic rings. The van der Waals surface area contributed by atoms with E-state index in [9.17, 15) is 19.1 Å². The number of nitrogens with one attached hydrogen (secondary N) is 1. The number of carbonyl (C=O) groups is 2. The zero-order chi connectivity index (χ0) is 29.2. The summed E-state index contributed by atoms with van der Waals surface area (Å²) < 4.78 is 19.9. The molecule has 0 aliphatic carbocycles. The number of thiazole rings is 1. The first-order valence-electron chi connectivity index (χ1n) is 13.3. The van der Waals surface area contributed by atoms with Crippen LogP contribution in [0.5, 0.6) is 5.75 Å². The summed E-state index contributed by atoms with van der Waals surface area (Å²) >= 11 is 1.16. The van der Waals surface area contributed by atoms with E-state index in [2.05, 4.69) is 56.0 Å². The summed E-state index contributed by atoms with van der Waals surface area (Å²) in [5, 5.41) is 12.9. The second kappa shape index (κ2) is 14.6. The Balaban J connectivity index is 1.85. The van der Waals surface area contributed by atoms with Gasteiger partial charge in [-0.25, -0.2) is 14.2 Å². The second-order valence-corrected chi connectivity index (χ2v) is 18.5. The van der Waals surface area contributed by atoms with Crippen LogP contribution in [0.3, 0.4) is 0 Å². The van der Waals surface area contributed by atoms with Crippen LogP contribution in [-0.2, 0) is 11.2 Å². The summed E-state index contributed by atoms with van der Waals surface area (Å²) in [6.45, 7) is 12.4. The van der Waals surface area contributed by atoms with Gasteiger partial charge in [-0.3, -0.25) is 9.69 Å². The topological polar surface area (TPSA) is 91.8 Å². The largest absolute Gasteiger partial charge is 0.491 e. The SMILES string of the molecule is CN(C)CC#Cc1ccc(OCCCc2sc(NC(=O)CCCC[Si](C)(C)C(C)(C)C)nc2C(=O)O)c(F)c1. The Morgan fingerprint density at radius 3 is 2.54 bits per heavy atom. The van der Waals surface area contributed by atoms with Crippen molar-refractivity contribution in [2.45, 2.75) is 77.1 Å². The van der Waals surface area contributed by atoms with Crippen LogP contribution >= 0.6 is 11.3 Å². The molecule has 1 aromatic heterocycles. The number of carboxylic acids is 1. The normalized spacial score (nSPS) is 11.7. The third kappa shape index (κ3) is 10.7. The lowest BCUT2D eigenvalue weighted by Gasteiger charge is -2.37. The van der Waals surface area contributed by atoms with Gasteiger partial charge in [-0.15, -0.1) is 11.3 Å². The molecule has 0 atom stereocenters. The number of rotatable bonds is 13. The number of unbranched alkanes of at least 4 members (excludes halogenated alkanes) is 1. The van der Waals surface area contributed by atoms with E-state index in [1.165, 1.54) is 6.07 Å². The lowest BCUT2D eigenvalue weighted by atomic mass is 10.2. The van der Waals surface area contributed by atoms with Gasteiger partial charge in [0, 0.05) is 16.9 Å². The molecule has 0 unspecified atom stereocenters. The first-order valence-corrected chi connectivity index (χ1v) is 17.3. The van der Waals surface area contributed by atoms with Crippen LogP contribution in [0.2, 0.25) is 24.2 Å². The van der Waals surface area contributed by atoms with E-state index in [1.54, 1.807) is 12.1 Å². The first kappa shape index (κ1) is 32.5. The molecule has 1 aromatic carbocycles. The molecule has 0 bridgehead atoms. The number of hydrogen-bond acceptors (Lipinski definition) is 6. The van der Waals surface area contributed by atoms with E-state index in [4.69, 9.17) is 4.74 Å². The van der Waals surface area contributed by atoms with Gasteiger partial charge in [-0.2, -0.15) is 0 Å². The van der Waals surface area contributed by atoms with Gasteiger partial charge in [-0.05, 0) is 56.6 Å². The van der Waals surface area contributed by atoms with Gasteiger partial charge in [0.2, 0.25) is 5.91 Å². The number of hydrogen-bond donors (Lipinski definition) is 2. The fourth-order valence-electron chi connectivity index (χ4n) is 3.56. The first-order chi connectivity index (χ1) is 18.2. The molecule has 1 heterocycles. The van der Waals surface area contributed by atoms with Crippen molar-refractivity contribution in [2.24, 2.45) is 0 Å². The molecule has 0 saturated heterocycles. The Bertz CT molecular complexity index is 1200. The van der Waals surface area contributed by atoms with Crippen LogP contribution in [0.4, 0.5) is 9.52 Å². The quantitative estimate of drug-likeness (QED) is 0.160. The van der Waals surface area contributed by atoms with Crippen molar-refractivity contribution in [3.63, 3.8) is 0 Å². The number of carbonyl (C=O) groups excluding carboxylic acids is 1. The maximum atomic E-state index is 14.4. The molecule has 7 nitrogen and oxygen atoms in total. The minimum absolute atomic E-state index is 0.0694. The standard InChI is InChI=1S/C29H42FN3O4SSi/c1-29(2,3)39(6,7)19-9-8-14-25(34)31-28-32-26(27(35)36)24(38-28)13-11-18-37-23-16-15-21(20-22(23)30)12-10-17-33(4)5/h15-16,20H,8-9,11,13-14,17-19H2,1-7H3,(H,35,36)(H,31,32,34). The van der Waals surface area contributed by atoms with E-state index in [1.807, 2.05) is 19.0 Å². The summed E-state index contributed by atoms with van der Waals surface area (Å²) in [6, 6.07) is 5.75. The highest BCUT2D eigenvalue weighted by molar-refractivity contribution is 7.16. The maximum absolute atomic E-state index is 14.4.